The number of rotatable bonds is 5. The van der Waals surface area contributed by atoms with E-state index in [0.29, 0.717) is 0 Å². The van der Waals surface area contributed by atoms with Gasteiger partial charge in [0.25, 0.3) is 0 Å². The van der Waals surface area contributed by atoms with E-state index in [-0.39, 0.29) is 0 Å². The molecule has 1 heterocycles. The highest BCUT2D eigenvalue weighted by Crippen LogP contribution is 2.46. The second-order valence-electron chi connectivity index (χ2n) is 12.9. The molecule has 2 nitrogen and oxygen atoms in total. The fourth-order valence-corrected chi connectivity index (χ4v) is 7.66. The lowest BCUT2D eigenvalue weighted by Crippen LogP contribution is -2.11. The predicted molar refractivity (Wildman–Crippen MR) is 212 cm³/mol. The number of benzene rings is 9. The molecule has 0 bridgehead atoms. The number of anilines is 3. The van der Waals surface area contributed by atoms with Crippen LogP contribution in [0.25, 0.3) is 76.5 Å². The van der Waals surface area contributed by atoms with Gasteiger partial charge in [0.1, 0.15) is 5.58 Å². The molecule has 0 aliphatic rings. The van der Waals surface area contributed by atoms with E-state index in [0.717, 1.165) is 39.0 Å². The second-order valence-corrected chi connectivity index (χ2v) is 12.9. The molecule has 0 spiro atoms. The van der Waals surface area contributed by atoms with Gasteiger partial charge in [0.15, 0.2) is 5.58 Å². The van der Waals surface area contributed by atoms with Gasteiger partial charge in [0.05, 0.1) is 11.4 Å². The number of furan rings is 1. The Kier molecular flexibility index (Phi) is 6.53. The first-order valence-electron chi connectivity index (χ1n) is 17.1. The molecule has 0 saturated carbocycles. The fraction of sp³-hybridized carbons (Fsp3) is 0. The van der Waals surface area contributed by atoms with Crippen molar-refractivity contribution in [3.05, 3.63) is 188 Å². The van der Waals surface area contributed by atoms with Crippen LogP contribution < -0.4 is 4.90 Å². The zero-order valence-corrected chi connectivity index (χ0v) is 27.3. The van der Waals surface area contributed by atoms with E-state index >= 15 is 0 Å². The molecule has 10 aromatic rings. The number of hydrogen-bond donors (Lipinski definition) is 0. The van der Waals surface area contributed by atoms with Crippen LogP contribution >= 0.6 is 0 Å². The lowest BCUT2D eigenvalue weighted by molar-refractivity contribution is 0.669. The van der Waals surface area contributed by atoms with Crippen molar-refractivity contribution in [2.75, 3.05) is 4.90 Å². The molecule has 9 aromatic carbocycles. The van der Waals surface area contributed by atoms with Gasteiger partial charge in [0, 0.05) is 21.8 Å². The molecular weight excluding hydrogens is 607 g/mol. The van der Waals surface area contributed by atoms with Gasteiger partial charge in [-0.25, -0.2) is 0 Å². The van der Waals surface area contributed by atoms with E-state index in [1.54, 1.807) is 0 Å². The predicted octanol–water partition coefficient (Wildman–Crippen LogP) is 13.8. The van der Waals surface area contributed by atoms with Crippen molar-refractivity contribution in [2.45, 2.75) is 0 Å². The minimum Gasteiger partial charge on any atom is -0.454 e. The van der Waals surface area contributed by atoms with E-state index in [4.69, 9.17) is 4.42 Å². The first kappa shape index (κ1) is 28.4. The summed E-state index contributed by atoms with van der Waals surface area (Å²) in [4.78, 5) is 2.37. The molecule has 0 atom stereocenters. The SMILES string of the molecule is c1ccc2c(-c3ccc(-c4ccc(N(c5cc6ccccc6c6ccccc56)c5cccc6c5oc5ccccc56)cc4)cc3)cccc2c1. The van der Waals surface area contributed by atoms with E-state index in [9.17, 15) is 0 Å². The Morgan fingerprint density at radius 3 is 1.70 bits per heavy atom. The summed E-state index contributed by atoms with van der Waals surface area (Å²) in [6.07, 6.45) is 0. The van der Waals surface area contributed by atoms with Crippen molar-refractivity contribution in [2.24, 2.45) is 0 Å². The quantitative estimate of drug-likeness (QED) is 0.175. The molecule has 0 fully saturated rings. The van der Waals surface area contributed by atoms with Crippen LogP contribution in [0, 0.1) is 0 Å². The maximum Gasteiger partial charge on any atom is 0.159 e. The third kappa shape index (κ3) is 4.57. The molecule has 2 heteroatoms. The summed E-state index contributed by atoms with van der Waals surface area (Å²) >= 11 is 0. The first-order valence-corrected chi connectivity index (χ1v) is 17.1. The normalized spacial score (nSPS) is 11.6. The topological polar surface area (TPSA) is 16.4 Å². The van der Waals surface area contributed by atoms with Crippen molar-refractivity contribution in [3.8, 4) is 22.3 Å². The second kappa shape index (κ2) is 11.5. The molecule has 0 N–H and O–H groups in total. The van der Waals surface area contributed by atoms with Crippen molar-refractivity contribution >= 4 is 71.3 Å². The van der Waals surface area contributed by atoms with Crippen molar-refractivity contribution in [1.29, 1.82) is 0 Å². The molecule has 0 radical (unpaired) electrons. The van der Waals surface area contributed by atoms with Gasteiger partial charge < -0.3 is 9.32 Å². The third-order valence-electron chi connectivity index (χ3n) is 10.1. The van der Waals surface area contributed by atoms with Gasteiger partial charge in [-0.2, -0.15) is 0 Å². The Bertz CT molecular complexity index is 2860. The molecule has 0 aliphatic heterocycles. The molecule has 0 saturated heterocycles. The molecule has 10 rings (SSSR count). The molecular formula is C48H31NO. The van der Waals surface area contributed by atoms with E-state index in [2.05, 4.69) is 187 Å². The Labute approximate surface area is 290 Å². The summed E-state index contributed by atoms with van der Waals surface area (Å²) in [5, 5.41) is 9.62. The standard InChI is InChI=1S/C48H31NO/c1-3-14-38-34(11-1)13-9-19-39(38)35-25-23-32(24-26-35)33-27-29-37(30-28-33)49(45-21-10-20-44-43-18-7-8-22-47(43)50-48(44)45)46-31-36-12-2-4-15-40(36)41-16-5-6-17-42(41)46/h1-31H. The highest BCUT2D eigenvalue weighted by atomic mass is 16.3. The highest BCUT2D eigenvalue weighted by Gasteiger charge is 2.22. The molecule has 0 unspecified atom stereocenters. The van der Waals surface area contributed by atoms with Crippen molar-refractivity contribution in [1.82, 2.24) is 0 Å². The van der Waals surface area contributed by atoms with Gasteiger partial charge in [-0.1, -0.05) is 158 Å². The van der Waals surface area contributed by atoms with Crippen LogP contribution in [0.4, 0.5) is 17.1 Å². The monoisotopic (exact) mass is 637 g/mol. The smallest absolute Gasteiger partial charge is 0.159 e. The Balaban J connectivity index is 1.13. The molecule has 0 aliphatic carbocycles. The highest BCUT2D eigenvalue weighted by molar-refractivity contribution is 6.16. The Hall–Kier alpha value is -6.64. The van der Waals surface area contributed by atoms with Gasteiger partial charge in [0.2, 0.25) is 0 Å². The number of hydrogen-bond acceptors (Lipinski definition) is 2. The minimum absolute atomic E-state index is 0.874. The third-order valence-corrected chi connectivity index (χ3v) is 10.1. The van der Waals surface area contributed by atoms with E-state index in [1.807, 2.05) is 6.07 Å². The summed E-state index contributed by atoms with van der Waals surface area (Å²) in [7, 11) is 0. The zero-order chi connectivity index (χ0) is 33.0. The van der Waals surface area contributed by atoms with Gasteiger partial charge in [-0.05, 0) is 79.5 Å². The molecule has 1 aromatic heterocycles. The van der Waals surface area contributed by atoms with Crippen LogP contribution in [-0.2, 0) is 0 Å². The van der Waals surface area contributed by atoms with Gasteiger partial charge >= 0.3 is 0 Å². The average molecular weight is 638 g/mol. The number of fused-ring (bicyclic) bond motifs is 7. The van der Waals surface area contributed by atoms with E-state index < -0.39 is 0 Å². The largest absolute Gasteiger partial charge is 0.454 e. The average Bonchev–Trinajstić information content (AvgIpc) is 3.58. The summed E-state index contributed by atoms with van der Waals surface area (Å²) in [6.45, 7) is 0. The Morgan fingerprint density at radius 1 is 0.340 bits per heavy atom. The minimum atomic E-state index is 0.874. The van der Waals surface area contributed by atoms with Gasteiger partial charge in [-0.3, -0.25) is 0 Å². The summed E-state index contributed by atoms with van der Waals surface area (Å²) in [6, 6.07) is 67.4. The lowest BCUT2D eigenvalue weighted by atomic mass is 9.96. The molecule has 50 heavy (non-hydrogen) atoms. The van der Waals surface area contributed by atoms with E-state index in [1.165, 1.54) is 54.6 Å². The Morgan fingerprint density at radius 2 is 0.900 bits per heavy atom. The van der Waals surface area contributed by atoms with Crippen LogP contribution in [0.15, 0.2) is 192 Å². The summed E-state index contributed by atoms with van der Waals surface area (Å²) in [5.41, 5.74) is 9.77. The van der Waals surface area contributed by atoms with Crippen molar-refractivity contribution < 1.29 is 4.42 Å². The number of para-hydroxylation sites is 2. The van der Waals surface area contributed by atoms with Crippen LogP contribution in [0.3, 0.4) is 0 Å². The van der Waals surface area contributed by atoms with Gasteiger partial charge in [-0.15, -0.1) is 0 Å². The van der Waals surface area contributed by atoms with Crippen LogP contribution in [0.1, 0.15) is 0 Å². The lowest BCUT2D eigenvalue weighted by Gasteiger charge is -2.27. The molecule has 0 amide bonds. The fourth-order valence-electron chi connectivity index (χ4n) is 7.66. The number of nitrogens with zero attached hydrogens (tertiary/aromatic N) is 1. The molecule has 234 valence electrons. The maximum absolute atomic E-state index is 6.63. The van der Waals surface area contributed by atoms with Crippen LogP contribution in [0.2, 0.25) is 0 Å². The summed E-state index contributed by atoms with van der Waals surface area (Å²) < 4.78 is 6.63. The maximum atomic E-state index is 6.63. The zero-order valence-electron chi connectivity index (χ0n) is 27.3. The summed E-state index contributed by atoms with van der Waals surface area (Å²) in [5.74, 6) is 0. The van der Waals surface area contributed by atoms with Crippen molar-refractivity contribution in [3.63, 3.8) is 0 Å². The van der Waals surface area contributed by atoms with Crippen LogP contribution in [-0.4, -0.2) is 0 Å². The van der Waals surface area contributed by atoms with Crippen LogP contribution in [0.5, 0.6) is 0 Å². The first-order chi connectivity index (χ1) is 24.8.